The third-order valence-corrected chi connectivity index (χ3v) is 3.30. The van der Waals surface area contributed by atoms with E-state index in [2.05, 4.69) is 10.0 Å². The third-order valence-electron chi connectivity index (χ3n) is 3.30. The Kier molecular flexibility index (Phi) is 6.30. The zero-order valence-corrected chi connectivity index (χ0v) is 12.8. The minimum Gasteiger partial charge on any atom is -0.362 e. The first-order valence-corrected chi connectivity index (χ1v) is 7.36. The van der Waals surface area contributed by atoms with Gasteiger partial charge in [0.15, 0.2) is 6.10 Å². The normalized spacial score (nSPS) is 15.1. The van der Waals surface area contributed by atoms with Gasteiger partial charge in [0.25, 0.3) is 11.8 Å². The standard InChI is InChI=1S/C15H16N4O5/c16-18-17-9-8-12(23-10-11-4-2-1-3-5-11)15(22)24-19-13(20)6-7-14(19)21/h1-5,12H,6-10H2/t12-/m0/s1. The van der Waals surface area contributed by atoms with E-state index < -0.39 is 23.9 Å². The maximum absolute atomic E-state index is 12.2. The van der Waals surface area contributed by atoms with Gasteiger partial charge < -0.3 is 9.57 Å². The summed E-state index contributed by atoms with van der Waals surface area (Å²) in [6.45, 7) is 0.158. The molecule has 0 unspecified atom stereocenters. The van der Waals surface area contributed by atoms with Gasteiger partial charge in [0.1, 0.15) is 0 Å². The van der Waals surface area contributed by atoms with Crippen molar-refractivity contribution >= 4 is 17.8 Å². The number of rotatable bonds is 8. The maximum Gasteiger partial charge on any atom is 0.361 e. The first-order chi connectivity index (χ1) is 11.6. The van der Waals surface area contributed by atoms with Crippen LogP contribution >= 0.6 is 0 Å². The fourth-order valence-electron chi connectivity index (χ4n) is 2.07. The smallest absolute Gasteiger partial charge is 0.361 e. The van der Waals surface area contributed by atoms with Crippen molar-refractivity contribution in [1.29, 1.82) is 0 Å². The Morgan fingerprint density at radius 2 is 1.92 bits per heavy atom. The van der Waals surface area contributed by atoms with Crippen LogP contribution in [0.1, 0.15) is 24.8 Å². The van der Waals surface area contributed by atoms with E-state index in [4.69, 9.17) is 15.1 Å². The van der Waals surface area contributed by atoms with Crippen molar-refractivity contribution in [2.24, 2.45) is 5.11 Å². The summed E-state index contributed by atoms with van der Waals surface area (Å²) < 4.78 is 5.51. The molecule has 1 fully saturated rings. The second kappa shape index (κ2) is 8.66. The molecule has 2 rings (SSSR count). The van der Waals surface area contributed by atoms with Gasteiger partial charge in [0, 0.05) is 24.3 Å². The predicted molar refractivity (Wildman–Crippen MR) is 80.8 cm³/mol. The van der Waals surface area contributed by atoms with Crippen LogP contribution in [0.2, 0.25) is 0 Å². The fraction of sp³-hybridized carbons (Fsp3) is 0.400. The van der Waals surface area contributed by atoms with E-state index in [9.17, 15) is 14.4 Å². The molecule has 1 heterocycles. The summed E-state index contributed by atoms with van der Waals surface area (Å²) in [5.74, 6) is -2.00. The molecule has 1 saturated heterocycles. The molecule has 9 heteroatoms. The second-order valence-electron chi connectivity index (χ2n) is 5.02. The van der Waals surface area contributed by atoms with Gasteiger partial charge in [-0.15, -0.1) is 5.06 Å². The maximum atomic E-state index is 12.2. The highest BCUT2D eigenvalue weighted by atomic mass is 16.7. The van der Waals surface area contributed by atoms with Gasteiger partial charge in [-0.3, -0.25) is 9.59 Å². The molecule has 126 valence electrons. The zero-order valence-electron chi connectivity index (χ0n) is 12.8. The minimum absolute atomic E-state index is 0.0143. The van der Waals surface area contributed by atoms with Crippen molar-refractivity contribution in [3.63, 3.8) is 0 Å². The Balaban J connectivity index is 1.98. The van der Waals surface area contributed by atoms with Crippen LogP contribution in [0.4, 0.5) is 0 Å². The van der Waals surface area contributed by atoms with E-state index in [-0.39, 0.29) is 32.4 Å². The monoisotopic (exact) mass is 332 g/mol. The van der Waals surface area contributed by atoms with E-state index in [1.54, 1.807) is 0 Å². The number of ether oxygens (including phenoxy) is 1. The number of amides is 2. The molecule has 24 heavy (non-hydrogen) atoms. The van der Waals surface area contributed by atoms with E-state index in [0.29, 0.717) is 5.06 Å². The lowest BCUT2D eigenvalue weighted by atomic mass is 10.2. The molecule has 1 aliphatic rings. The van der Waals surface area contributed by atoms with Crippen molar-refractivity contribution in [3.8, 4) is 0 Å². The molecule has 0 radical (unpaired) electrons. The van der Waals surface area contributed by atoms with Gasteiger partial charge in [0.05, 0.1) is 6.61 Å². The molecule has 0 saturated carbocycles. The number of nitrogens with zero attached hydrogens (tertiary/aromatic N) is 4. The topological polar surface area (TPSA) is 122 Å². The van der Waals surface area contributed by atoms with E-state index in [1.165, 1.54) is 0 Å². The second-order valence-corrected chi connectivity index (χ2v) is 5.02. The Bertz CT molecular complexity index is 641. The number of azide groups is 1. The summed E-state index contributed by atoms with van der Waals surface area (Å²) in [4.78, 5) is 42.6. The molecule has 9 nitrogen and oxygen atoms in total. The molecule has 0 N–H and O–H groups in total. The van der Waals surface area contributed by atoms with Gasteiger partial charge >= 0.3 is 5.97 Å². The fourth-order valence-corrected chi connectivity index (χ4v) is 2.07. The van der Waals surface area contributed by atoms with Gasteiger partial charge in [0.2, 0.25) is 0 Å². The lowest BCUT2D eigenvalue weighted by Gasteiger charge is -2.19. The molecular formula is C15H16N4O5. The third kappa shape index (κ3) is 4.80. The zero-order chi connectivity index (χ0) is 17.4. The largest absolute Gasteiger partial charge is 0.362 e. The quantitative estimate of drug-likeness (QED) is 0.311. The molecule has 0 bridgehead atoms. The summed E-state index contributed by atoms with van der Waals surface area (Å²) >= 11 is 0. The molecule has 1 aromatic rings. The van der Waals surface area contributed by atoms with Crippen molar-refractivity contribution in [2.75, 3.05) is 6.54 Å². The number of carbonyl (C=O) groups is 3. The van der Waals surface area contributed by atoms with Crippen LogP contribution in [0.15, 0.2) is 35.4 Å². The molecule has 0 aromatic heterocycles. The van der Waals surface area contributed by atoms with Gasteiger partial charge in [-0.2, -0.15) is 0 Å². The number of benzene rings is 1. The van der Waals surface area contributed by atoms with Crippen LogP contribution in [0, 0.1) is 0 Å². The number of hydrogen-bond donors (Lipinski definition) is 0. The summed E-state index contributed by atoms with van der Waals surface area (Å²) in [6, 6.07) is 9.15. The predicted octanol–water partition coefficient (Wildman–Crippen LogP) is 1.88. The molecule has 1 atom stereocenters. The van der Waals surface area contributed by atoms with Crippen LogP contribution in [-0.2, 0) is 30.6 Å². The highest BCUT2D eigenvalue weighted by Gasteiger charge is 2.35. The van der Waals surface area contributed by atoms with E-state index >= 15 is 0 Å². The van der Waals surface area contributed by atoms with Gasteiger partial charge in [-0.25, -0.2) is 4.79 Å². The average Bonchev–Trinajstić information content (AvgIpc) is 2.90. The molecule has 0 aliphatic carbocycles. The van der Waals surface area contributed by atoms with Gasteiger partial charge in [-0.1, -0.05) is 35.4 Å². The number of hydrogen-bond acceptors (Lipinski definition) is 6. The highest BCUT2D eigenvalue weighted by Crippen LogP contribution is 2.15. The molecule has 1 aliphatic heterocycles. The molecule has 1 aromatic carbocycles. The van der Waals surface area contributed by atoms with Crippen molar-refractivity contribution in [3.05, 3.63) is 46.3 Å². The SMILES string of the molecule is [N-]=[N+]=NCC[C@H](OCc1ccccc1)C(=O)ON1C(=O)CCC1=O. The Labute approximate surface area is 137 Å². The van der Waals surface area contributed by atoms with E-state index in [1.807, 2.05) is 30.3 Å². The molecule has 0 spiro atoms. The number of hydroxylamine groups is 2. The summed E-state index contributed by atoms with van der Waals surface area (Å²) in [5, 5.41) is 3.82. The summed E-state index contributed by atoms with van der Waals surface area (Å²) in [6.07, 6.45) is -0.955. The van der Waals surface area contributed by atoms with Crippen LogP contribution in [0.25, 0.3) is 10.4 Å². The minimum atomic E-state index is -1.06. The van der Waals surface area contributed by atoms with Crippen LogP contribution < -0.4 is 0 Å². The van der Waals surface area contributed by atoms with Crippen LogP contribution in [-0.4, -0.2) is 35.5 Å². The number of carbonyl (C=O) groups excluding carboxylic acids is 3. The van der Waals surface area contributed by atoms with Crippen molar-refractivity contribution in [1.82, 2.24) is 5.06 Å². The first kappa shape index (κ1) is 17.5. The van der Waals surface area contributed by atoms with Crippen molar-refractivity contribution < 1.29 is 24.0 Å². The lowest BCUT2D eigenvalue weighted by molar-refractivity contribution is -0.206. The first-order valence-electron chi connectivity index (χ1n) is 7.36. The molecular weight excluding hydrogens is 316 g/mol. The Morgan fingerprint density at radius 1 is 1.25 bits per heavy atom. The van der Waals surface area contributed by atoms with E-state index in [0.717, 1.165) is 5.56 Å². The molecule has 2 amide bonds. The summed E-state index contributed by atoms with van der Waals surface area (Å²) in [7, 11) is 0. The van der Waals surface area contributed by atoms with Crippen LogP contribution in [0.5, 0.6) is 0 Å². The summed E-state index contributed by atoms with van der Waals surface area (Å²) in [5.41, 5.74) is 9.17. The Morgan fingerprint density at radius 3 is 2.54 bits per heavy atom. The Hall–Kier alpha value is -2.90. The average molecular weight is 332 g/mol. The lowest BCUT2D eigenvalue weighted by Crippen LogP contribution is -2.37. The van der Waals surface area contributed by atoms with Crippen molar-refractivity contribution in [2.45, 2.75) is 32.0 Å². The highest BCUT2D eigenvalue weighted by molar-refractivity contribution is 6.01. The van der Waals surface area contributed by atoms with Gasteiger partial charge in [-0.05, 0) is 17.5 Å². The number of imide groups is 1. The van der Waals surface area contributed by atoms with Crippen LogP contribution in [0.3, 0.4) is 0 Å².